The maximum Gasteiger partial charge on any atom is 0.287 e. The molecule has 1 saturated carbocycles. The molecule has 1 aromatic heterocycles. The summed E-state index contributed by atoms with van der Waals surface area (Å²) in [5.41, 5.74) is 0. The van der Waals surface area contributed by atoms with Gasteiger partial charge in [0.05, 0.1) is 0 Å². The van der Waals surface area contributed by atoms with E-state index in [1.165, 1.54) is 6.42 Å². The molecular formula is C11H13BrN2O2. The molecule has 16 heavy (non-hydrogen) atoms. The van der Waals surface area contributed by atoms with Crippen molar-refractivity contribution in [2.75, 3.05) is 6.54 Å². The van der Waals surface area contributed by atoms with Gasteiger partial charge in [-0.25, -0.2) is 0 Å². The van der Waals surface area contributed by atoms with Crippen LogP contribution in [0.15, 0.2) is 21.2 Å². The molecule has 3 atom stereocenters. The summed E-state index contributed by atoms with van der Waals surface area (Å²) < 4.78 is 5.81. The number of fused-ring (bicyclic) bond motifs is 2. The number of nitrogens with one attached hydrogen (secondary N) is 2. The van der Waals surface area contributed by atoms with Crippen LogP contribution in [0.3, 0.4) is 0 Å². The largest absolute Gasteiger partial charge is 0.444 e. The molecule has 0 spiro atoms. The summed E-state index contributed by atoms with van der Waals surface area (Å²) in [6, 6.07) is 4.12. The van der Waals surface area contributed by atoms with Crippen molar-refractivity contribution in [1.82, 2.24) is 10.6 Å². The Labute approximate surface area is 102 Å². The quantitative estimate of drug-likeness (QED) is 0.866. The Hall–Kier alpha value is -0.810. The molecule has 1 aliphatic carbocycles. The molecule has 2 aliphatic rings. The monoisotopic (exact) mass is 284 g/mol. The lowest BCUT2D eigenvalue weighted by Crippen LogP contribution is -2.47. The van der Waals surface area contributed by atoms with Gasteiger partial charge in [-0.15, -0.1) is 0 Å². The predicted octanol–water partition coefficient (Wildman–Crippen LogP) is 1.52. The van der Waals surface area contributed by atoms with E-state index >= 15 is 0 Å². The molecule has 0 aromatic carbocycles. The number of amides is 1. The van der Waals surface area contributed by atoms with Crippen LogP contribution in [0.1, 0.15) is 23.4 Å². The first-order valence-electron chi connectivity index (χ1n) is 5.52. The standard InChI is InChI=1S/C11H13BrN2O2/c12-10-2-1-9(16-10)11(15)14-8-4-6-3-7(8)13-5-6/h1-2,6-8,13H,3-5H2,(H,14,15). The summed E-state index contributed by atoms with van der Waals surface area (Å²) in [5, 5.41) is 6.44. The van der Waals surface area contributed by atoms with Gasteiger partial charge in [-0.2, -0.15) is 0 Å². The lowest BCUT2D eigenvalue weighted by molar-refractivity contribution is 0.0899. The maximum atomic E-state index is 11.8. The molecule has 5 heteroatoms. The lowest BCUT2D eigenvalue weighted by Gasteiger charge is -2.23. The predicted molar refractivity (Wildman–Crippen MR) is 62.2 cm³/mol. The van der Waals surface area contributed by atoms with Gasteiger partial charge in [-0.3, -0.25) is 4.79 Å². The third-order valence-electron chi connectivity index (χ3n) is 3.44. The van der Waals surface area contributed by atoms with Gasteiger partial charge in [0.1, 0.15) is 0 Å². The zero-order valence-electron chi connectivity index (χ0n) is 8.70. The average Bonchev–Trinajstić information content (AvgIpc) is 2.92. The van der Waals surface area contributed by atoms with Gasteiger partial charge in [-0.1, -0.05) is 0 Å². The van der Waals surface area contributed by atoms with Gasteiger partial charge in [0.2, 0.25) is 0 Å². The van der Waals surface area contributed by atoms with Crippen molar-refractivity contribution in [2.24, 2.45) is 5.92 Å². The second-order valence-electron chi connectivity index (χ2n) is 4.54. The molecular weight excluding hydrogens is 272 g/mol. The first-order valence-corrected chi connectivity index (χ1v) is 6.31. The van der Waals surface area contributed by atoms with Crippen molar-refractivity contribution in [3.8, 4) is 0 Å². The number of carbonyl (C=O) groups excluding carboxylic acids is 1. The zero-order chi connectivity index (χ0) is 11.1. The molecule has 3 unspecified atom stereocenters. The number of furan rings is 1. The van der Waals surface area contributed by atoms with E-state index in [1.54, 1.807) is 12.1 Å². The van der Waals surface area contributed by atoms with E-state index in [0.717, 1.165) is 18.9 Å². The van der Waals surface area contributed by atoms with Crippen LogP contribution in [0, 0.1) is 5.92 Å². The van der Waals surface area contributed by atoms with Crippen molar-refractivity contribution in [3.63, 3.8) is 0 Å². The molecule has 86 valence electrons. The van der Waals surface area contributed by atoms with Crippen LogP contribution < -0.4 is 10.6 Å². The molecule has 2 fully saturated rings. The molecule has 2 heterocycles. The summed E-state index contributed by atoms with van der Waals surface area (Å²) in [5.74, 6) is 0.985. The molecule has 0 radical (unpaired) electrons. The van der Waals surface area contributed by atoms with Crippen LogP contribution in [-0.2, 0) is 0 Å². The van der Waals surface area contributed by atoms with Gasteiger partial charge < -0.3 is 15.1 Å². The van der Waals surface area contributed by atoms with Crippen LogP contribution in [0.4, 0.5) is 0 Å². The van der Waals surface area contributed by atoms with Gasteiger partial charge in [-0.05, 0) is 53.4 Å². The fourth-order valence-corrected chi connectivity index (χ4v) is 3.00. The van der Waals surface area contributed by atoms with Crippen LogP contribution in [0.2, 0.25) is 0 Å². The molecule has 3 rings (SSSR count). The van der Waals surface area contributed by atoms with Crippen LogP contribution in [0.25, 0.3) is 0 Å². The number of piperidine rings is 1. The number of hydrogen-bond donors (Lipinski definition) is 2. The molecule has 2 bridgehead atoms. The zero-order valence-corrected chi connectivity index (χ0v) is 10.3. The smallest absolute Gasteiger partial charge is 0.287 e. The Morgan fingerprint density at radius 2 is 2.38 bits per heavy atom. The fraction of sp³-hybridized carbons (Fsp3) is 0.545. The minimum Gasteiger partial charge on any atom is -0.444 e. The molecule has 1 saturated heterocycles. The Morgan fingerprint density at radius 1 is 1.50 bits per heavy atom. The van der Waals surface area contributed by atoms with E-state index in [2.05, 4.69) is 26.6 Å². The number of halogens is 1. The van der Waals surface area contributed by atoms with Gasteiger partial charge in [0.25, 0.3) is 5.91 Å². The highest BCUT2D eigenvalue weighted by Gasteiger charge is 2.40. The number of rotatable bonds is 2. The molecule has 1 amide bonds. The van der Waals surface area contributed by atoms with Crippen LogP contribution >= 0.6 is 15.9 Å². The summed E-state index contributed by atoms with van der Waals surface area (Å²) in [6.07, 6.45) is 2.28. The normalized spacial score (nSPS) is 31.9. The summed E-state index contributed by atoms with van der Waals surface area (Å²) in [7, 11) is 0. The van der Waals surface area contributed by atoms with E-state index < -0.39 is 0 Å². The van der Waals surface area contributed by atoms with E-state index in [9.17, 15) is 4.79 Å². The first kappa shape index (κ1) is 10.4. The van der Waals surface area contributed by atoms with Crippen LogP contribution in [0.5, 0.6) is 0 Å². The van der Waals surface area contributed by atoms with E-state index in [1.807, 2.05) is 0 Å². The highest BCUT2D eigenvalue weighted by atomic mass is 79.9. The lowest BCUT2D eigenvalue weighted by atomic mass is 10.1. The Bertz CT molecular complexity index is 418. The molecule has 2 N–H and O–H groups in total. The van der Waals surface area contributed by atoms with Crippen molar-refractivity contribution in [1.29, 1.82) is 0 Å². The second kappa shape index (κ2) is 3.89. The number of hydrogen-bond acceptors (Lipinski definition) is 3. The second-order valence-corrected chi connectivity index (χ2v) is 5.32. The first-order chi connectivity index (χ1) is 7.72. The van der Waals surface area contributed by atoms with Crippen LogP contribution in [-0.4, -0.2) is 24.5 Å². The van der Waals surface area contributed by atoms with Crippen molar-refractivity contribution in [2.45, 2.75) is 24.9 Å². The van der Waals surface area contributed by atoms with Gasteiger partial charge in [0, 0.05) is 12.1 Å². The van der Waals surface area contributed by atoms with Crippen molar-refractivity contribution < 1.29 is 9.21 Å². The summed E-state index contributed by atoms with van der Waals surface area (Å²) >= 11 is 3.19. The van der Waals surface area contributed by atoms with Crippen molar-refractivity contribution >= 4 is 21.8 Å². The summed E-state index contributed by atoms with van der Waals surface area (Å²) in [4.78, 5) is 11.8. The highest BCUT2D eigenvalue weighted by molar-refractivity contribution is 9.10. The molecule has 1 aromatic rings. The highest BCUT2D eigenvalue weighted by Crippen LogP contribution is 2.31. The average molecular weight is 285 g/mol. The third-order valence-corrected chi connectivity index (χ3v) is 3.87. The maximum absolute atomic E-state index is 11.8. The molecule has 4 nitrogen and oxygen atoms in total. The fourth-order valence-electron chi connectivity index (χ4n) is 2.69. The topological polar surface area (TPSA) is 54.3 Å². The summed E-state index contributed by atoms with van der Waals surface area (Å²) in [6.45, 7) is 1.10. The minimum atomic E-state index is -0.120. The SMILES string of the molecule is O=C(NC1CC2CNC1C2)c1ccc(Br)o1. The Morgan fingerprint density at radius 3 is 2.94 bits per heavy atom. The molecule has 1 aliphatic heterocycles. The minimum absolute atomic E-state index is 0.120. The Kier molecular flexibility index (Phi) is 2.52. The number of carbonyl (C=O) groups is 1. The van der Waals surface area contributed by atoms with E-state index in [0.29, 0.717) is 16.5 Å². The van der Waals surface area contributed by atoms with E-state index in [4.69, 9.17) is 4.42 Å². The van der Waals surface area contributed by atoms with Gasteiger partial charge in [0.15, 0.2) is 10.4 Å². The van der Waals surface area contributed by atoms with E-state index in [-0.39, 0.29) is 11.9 Å². The van der Waals surface area contributed by atoms with Gasteiger partial charge >= 0.3 is 0 Å². The Balaban J connectivity index is 1.65. The van der Waals surface area contributed by atoms with Crippen molar-refractivity contribution in [3.05, 3.63) is 22.6 Å². The third kappa shape index (κ3) is 1.78.